The predicted octanol–water partition coefficient (Wildman–Crippen LogP) is 5.22. The quantitative estimate of drug-likeness (QED) is 0.609. The van der Waals surface area contributed by atoms with Gasteiger partial charge in [-0.1, -0.05) is 32.3 Å². The van der Waals surface area contributed by atoms with E-state index < -0.39 is 4.83 Å². The van der Waals surface area contributed by atoms with E-state index in [0.717, 1.165) is 31.3 Å². The first kappa shape index (κ1) is 13.6. The van der Waals surface area contributed by atoms with Gasteiger partial charge >= 0.3 is 4.83 Å². The molecule has 0 aliphatic rings. The molecule has 0 saturated carbocycles. The summed E-state index contributed by atoms with van der Waals surface area (Å²) in [5.41, 5.74) is 0.812. The SMILES string of the molecule is CCCC(CCC)=C(Br)C(F)(F)Br. The molecule has 0 unspecified atom stereocenters. The Balaban J connectivity index is 4.63. The number of rotatable bonds is 5. The van der Waals surface area contributed by atoms with Crippen LogP contribution in [0.15, 0.2) is 10.1 Å². The summed E-state index contributed by atoms with van der Waals surface area (Å²) in [6.45, 7) is 3.98. The summed E-state index contributed by atoms with van der Waals surface area (Å²) in [7, 11) is 0. The molecule has 0 aliphatic carbocycles. The number of halogens is 4. The monoisotopic (exact) mass is 318 g/mol. The number of alkyl halides is 3. The van der Waals surface area contributed by atoms with E-state index in [1.54, 1.807) is 0 Å². The van der Waals surface area contributed by atoms with Crippen LogP contribution in [0.5, 0.6) is 0 Å². The normalized spacial score (nSPS) is 11.5. The second kappa shape index (κ2) is 6.12. The number of hydrogen-bond acceptors (Lipinski definition) is 0. The first-order valence-corrected chi connectivity index (χ1v) is 5.96. The van der Waals surface area contributed by atoms with Gasteiger partial charge in [0.1, 0.15) is 0 Å². The van der Waals surface area contributed by atoms with Gasteiger partial charge in [-0.3, -0.25) is 0 Å². The van der Waals surface area contributed by atoms with Crippen molar-refractivity contribution in [3.63, 3.8) is 0 Å². The summed E-state index contributed by atoms with van der Waals surface area (Å²) in [5, 5.41) is 0. The Bertz CT molecular complexity index is 175. The minimum atomic E-state index is -2.91. The van der Waals surface area contributed by atoms with Crippen molar-refractivity contribution in [1.82, 2.24) is 0 Å². The lowest BCUT2D eigenvalue weighted by atomic mass is 10.1. The van der Waals surface area contributed by atoms with Crippen LogP contribution in [0.25, 0.3) is 0 Å². The van der Waals surface area contributed by atoms with Crippen LogP contribution in [0.1, 0.15) is 39.5 Å². The molecule has 0 radical (unpaired) electrons. The highest BCUT2D eigenvalue weighted by atomic mass is 79.9. The lowest BCUT2D eigenvalue weighted by Gasteiger charge is -2.13. The maximum atomic E-state index is 12.8. The standard InChI is InChI=1S/C9H14Br2F2/c1-3-5-7(6-4-2)8(10)9(11,12)13/h3-6H2,1-2H3. The van der Waals surface area contributed by atoms with Crippen molar-refractivity contribution in [3.05, 3.63) is 10.1 Å². The molecule has 0 fully saturated rings. The summed E-state index contributed by atoms with van der Waals surface area (Å²) < 4.78 is 25.7. The Kier molecular flexibility index (Phi) is 6.38. The molecular weight excluding hydrogens is 306 g/mol. The summed E-state index contributed by atoms with van der Waals surface area (Å²) in [5.74, 6) is 0. The van der Waals surface area contributed by atoms with Gasteiger partial charge in [0.25, 0.3) is 0 Å². The fourth-order valence-electron chi connectivity index (χ4n) is 1.15. The molecule has 0 N–H and O–H groups in total. The molecule has 0 amide bonds. The molecule has 78 valence electrons. The van der Waals surface area contributed by atoms with E-state index >= 15 is 0 Å². The minimum Gasteiger partial charge on any atom is -0.188 e. The lowest BCUT2D eigenvalue weighted by Crippen LogP contribution is -2.07. The number of allylic oxidation sites excluding steroid dienone is 2. The van der Waals surface area contributed by atoms with E-state index in [9.17, 15) is 8.78 Å². The molecule has 13 heavy (non-hydrogen) atoms. The molecule has 0 aromatic heterocycles. The maximum absolute atomic E-state index is 12.8. The second-order valence-electron chi connectivity index (χ2n) is 2.92. The predicted molar refractivity (Wildman–Crippen MR) is 59.6 cm³/mol. The fraction of sp³-hybridized carbons (Fsp3) is 0.778. The average Bonchev–Trinajstić information content (AvgIpc) is 2.01. The van der Waals surface area contributed by atoms with Gasteiger partial charge in [-0.05, 0) is 44.7 Å². The maximum Gasteiger partial charge on any atom is 0.332 e. The van der Waals surface area contributed by atoms with Gasteiger partial charge in [0, 0.05) is 0 Å². The van der Waals surface area contributed by atoms with E-state index in [4.69, 9.17) is 0 Å². The first-order valence-electron chi connectivity index (χ1n) is 4.38. The third-order valence-electron chi connectivity index (χ3n) is 1.66. The van der Waals surface area contributed by atoms with Crippen molar-refractivity contribution in [2.75, 3.05) is 0 Å². The summed E-state index contributed by atoms with van der Waals surface area (Å²) in [6.07, 6.45) is 3.26. The Labute approximate surface area is 95.0 Å². The van der Waals surface area contributed by atoms with E-state index in [1.165, 1.54) is 0 Å². The number of hydrogen-bond donors (Lipinski definition) is 0. The zero-order chi connectivity index (χ0) is 10.5. The summed E-state index contributed by atoms with van der Waals surface area (Å²) >= 11 is 5.30. The van der Waals surface area contributed by atoms with Crippen LogP contribution in [0.2, 0.25) is 0 Å². The lowest BCUT2D eigenvalue weighted by molar-refractivity contribution is 0.166. The topological polar surface area (TPSA) is 0 Å². The highest BCUT2D eigenvalue weighted by Gasteiger charge is 2.30. The van der Waals surface area contributed by atoms with E-state index in [-0.39, 0.29) is 4.48 Å². The van der Waals surface area contributed by atoms with Crippen molar-refractivity contribution in [1.29, 1.82) is 0 Å². The third-order valence-corrected chi connectivity index (χ3v) is 3.65. The van der Waals surface area contributed by atoms with Crippen LogP contribution < -0.4 is 0 Å². The molecule has 0 aromatic rings. The molecule has 0 heterocycles. The first-order chi connectivity index (χ1) is 5.93. The van der Waals surface area contributed by atoms with Gasteiger partial charge in [0.2, 0.25) is 0 Å². The molecule has 0 aromatic carbocycles. The van der Waals surface area contributed by atoms with Crippen molar-refractivity contribution in [2.45, 2.75) is 44.4 Å². The zero-order valence-electron chi connectivity index (χ0n) is 7.84. The molecular formula is C9H14Br2F2. The van der Waals surface area contributed by atoms with Crippen LogP contribution >= 0.6 is 31.9 Å². The summed E-state index contributed by atoms with van der Waals surface area (Å²) in [6, 6.07) is 0. The van der Waals surface area contributed by atoms with Gasteiger partial charge < -0.3 is 0 Å². The highest BCUT2D eigenvalue weighted by molar-refractivity contribution is 9.14. The molecule has 0 saturated heterocycles. The Morgan fingerprint density at radius 3 is 1.77 bits per heavy atom. The van der Waals surface area contributed by atoms with Gasteiger partial charge in [-0.25, -0.2) is 0 Å². The van der Waals surface area contributed by atoms with Crippen molar-refractivity contribution in [3.8, 4) is 0 Å². The molecule has 0 aliphatic heterocycles. The van der Waals surface area contributed by atoms with Crippen LogP contribution in [-0.4, -0.2) is 4.83 Å². The fourth-order valence-corrected chi connectivity index (χ4v) is 1.83. The molecule has 0 atom stereocenters. The van der Waals surface area contributed by atoms with Gasteiger partial charge in [0.15, 0.2) is 0 Å². The minimum absolute atomic E-state index is 0.00343. The summed E-state index contributed by atoms with van der Waals surface area (Å²) in [4.78, 5) is -2.91. The smallest absolute Gasteiger partial charge is 0.188 e. The molecule has 0 bridgehead atoms. The molecule has 4 heteroatoms. The average molecular weight is 320 g/mol. The molecule has 0 spiro atoms. The van der Waals surface area contributed by atoms with Crippen molar-refractivity contribution in [2.24, 2.45) is 0 Å². The largest absolute Gasteiger partial charge is 0.332 e. The van der Waals surface area contributed by atoms with Crippen LogP contribution in [0, 0.1) is 0 Å². The highest BCUT2D eigenvalue weighted by Crippen LogP contribution is 2.39. The van der Waals surface area contributed by atoms with E-state index in [1.807, 2.05) is 13.8 Å². The van der Waals surface area contributed by atoms with Crippen LogP contribution in [-0.2, 0) is 0 Å². The second-order valence-corrected chi connectivity index (χ2v) is 4.70. The van der Waals surface area contributed by atoms with Gasteiger partial charge in [-0.15, -0.1) is 0 Å². The Hall–Kier alpha value is 0.560. The van der Waals surface area contributed by atoms with Crippen molar-refractivity contribution < 1.29 is 8.78 Å². The van der Waals surface area contributed by atoms with E-state index in [2.05, 4.69) is 31.9 Å². The Morgan fingerprint density at radius 1 is 1.15 bits per heavy atom. The molecule has 0 nitrogen and oxygen atoms in total. The van der Waals surface area contributed by atoms with Crippen molar-refractivity contribution >= 4 is 31.9 Å². The van der Waals surface area contributed by atoms with Gasteiger partial charge in [-0.2, -0.15) is 8.78 Å². The zero-order valence-corrected chi connectivity index (χ0v) is 11.0. The molecule has 0 rings (SSSR count). The van der Waals surface area contributed by atoms with E-state index in [0.29, 0.717) is 0 Å². The van der Waals surface area contributed by atoms with Gasteiger partial charge in [0.05, 0.1) is 4.48 Å². The van der Waals surface area contributed by atoms with Crippen LogP contribution in [0.4, 0.5) is 8.78 Å². The Morgan fingerprint density at radius 2 is 1.54 bits per heavy atom. The third kappa shape index (κ3) is 5.11. The van der Waals surface area contributed by atoms with Crippen LogP contribution in [0.3, 0.4) is 0 Å².